The van der Waals surface area contributed by atoms with Crippen LogP contribution in [0, 0.1) is 5.92 Å². The summed E-state index contributed by atoms with van der Waals surface area (Å²) in [4.78, 5) is 18.9. The molecule has 0 radical (unpaired) electrons. The van der Waals surface area contributed by atoms with Gasteiger partial charge in [-0.1, -0.05) is 93.1 Å². The molecule has 0 spiro atoms. The maximum atomic E-state index is 14.3. The molecule has 1 aliphatic carbocycles. The smallest absolute Gasteiger partial charge is 0.258 e. The predicted molar refractivity (Wildman–Crippen MR) is 176 cm³/mol. The van der Waals surface area contributed by atoms with Gasteiger partial charge in [-0.3, -0.25) is 9.69 Å². The number of nitrogens with zero attached hydrogens (tertiary/aromatic N) is 2. The molecule has 3 aromatic carbocycles. The minimum Gasteiger partial charge on any atom is -0.488 e. The van der Waals surface area contributed by atoms with Crippen LogP contribution in [0.3, 0.4) is 0 Å². The van der Waals surface area contributed by atoms with E-state index in [1.165, 1.54) is 16.7 Å². The Morgan fingerprint density at radius 1 is 0.886 bits per heavy atom. The van der Waals surface area contributed by atoms with E-state index >= 15 is 0 Å². The standard InChI is InChI=1S/C38H45N3O3/c1-27(2)33-20-34(37(44-26-30-12-8-5-9-13-30)21-36(33)43-25-29-10-6-4-7-11-29)38(42)41-23-32-19-31(18-28(3)35(32)24-41)22-40-16-14-39-15-17-40/h4-13,19-21,27-28,39H,14-18,22-26H2,1-3H3. The van der Waals surface area contributed by atoms with Crippen molar-refractivity contribution in [2.24, 2.45) is 5.92 Å². The molecule has 2 heterocycles. The van der Waals surface area contributed by atoms with Crippen LogP contribution in [0.5, 0.6) is 11.5 Å². The largest absolute Gasteiger partial charge is 0.488 e. The number of hydrogen-bond donors (Lipinski definition) is 1. The van der Waals surface area contributed by atoms with Crippen LogP contribution in [0.2, 0.25) is 0 Å². The van der Waals surface area contributed by atoms with Gasteiger partial charge >= 0.3 is 0 Å². The fourth-order valence-electron chi connectivity index (χ4n) is 6.59. The van der Waals surface area contributed by atoms with Crippen LogP contribution in [0.4, 0.5) is 0 Å². The fourth-order valence-corrected chi connectivity index (χ4v) is 6.59. The summed E-state index contributed by atoms with van der Waals surface area (Å²) in [6.45, 7) is 14.1. The van der Waals surface area contributed by atoms with Gasteiger partial charge < -0.3 is 19.7 Å². The van der Waals surface area contributed by atoms with Crippen molar-refractivity contribution in [3.8, 4) is 11.5 Å². The Hall–Kier alpha value is -3.87. The third kappa shape index (κ3) is 7.09. The summed E-state index contributed by atoms with van der Waals surface area (Å²) in [5.41, 5.74) is 7.98. The van der Waals surface area contributed by atoms with E-state index in [1.54, 1.807) is 0 Å². The van der Waals surface area contributed by atoms with E-state index in [0.717, 1.165) is 61.6 Å². The molecule has 0 aromatic heterocycles. The molecule has 6 rings (SSSR count). The van der Waals surface area contributed by atoms with E-state index < -0.39 is 0 Å². The van der Waals surface area contributed by atoms with Gasteiger partial charge in [0.1, 0.15) is 24.7 Å². The molecule has 0 bridgehead atoms. The number of carbonyl (C=O) groups is 1. The van der Waals surface area contributed by atoms with E-state index in [2.05, 4.69) is 49.2 Å². The predicted octanol–water partition coefficient (Wildman–Crippen LogP) is 6.59. The topological polar surface area (TPSA) is 54.0 Å². The summed E-state index contributed by atoms with van der Waals surface area (Å²) in [5.74, 6) is 1.97. The average Bonchev–Trinajstić information content (AvgIpc) is 3.48. The van der Waals surface area contributed by atoms with Crippen molar-refractivity contribution in [1.29, 1.82) is 0 Å². The number of rotatable bonds is 10. The molecular weight excluding hydrogens is 546 g/mol. The molecule has 1 saturated heterocycles. The van der Waals surface area contributed by atoms with Gasteiger partial charge in [0.15, 0.2) is 0 Å². The van der Waals surface area contributed by atoms with Gasteiger partial charge in [-0.15, -0.1) is 0 Å². The Kier molecular flexibility index (Phi) is 9.48. The summed E-state index contributed by atoms with van der Waals surface area (Å²) in [6, 6.07) is 24.2. The number of hydrogen-bond acceptors (Lipinski definition) is 5. The summed E-state index contributed by atoms with van der Waals surface area (Å²) < 4.78 is 12.8. The van der Waals surface area contributed by atoms with Gasteiger partial charge in [0.25, 0.3) is 5.91 Å². The Balaban J connectivity index is 1.25. The van der Waals surface area contributed by atoms with Gasteiger partial charge in [-0.2, -0.15) is 0 Å². The van der Waals surface area contributed by atoms with E-state index in [9.17, 15) is 4.79 Å². The second-order valence-corrected chi connectivity index (χ2v) is 12.7. The van der Waals surface area contributed by atoms with Crippen LogP contribution >= 0.6 is 0 Å². The maximum absolute atomic E-state index is 14.3. The molecule has 1 fully saturated rings. The van der Waals surface area contributed by atoms with Crippen molar-refractivity contribution < 1.29 is 14.3 Å². The first-order valence-corrected chi connectivity index (χ1v) is 16.1. The van der Waals surface area contributed by atoms with E-state index in [1.807, 2.05) is 65.6 Å². The first-order chi connectivity index (χ1) is 21.4. The number of ether oxygens (including phenoxy) is 2. The zero-order chi connectivity index (χ0) is 30.5. The third-order valence-corrected chi connectivity index (χ3v) is 9.04. The van der Waals surface area contributed by atoms with E-state index in [0.29, 0.717) is 43.5 Å². The lowest BCUT2D eigenvalue weighted by Gasteiger charge is -2.30. The normalized spacial score (nSPS) is 18.8. The van der Waals surface area contributed by atoms with Gasteiger partial charge in [0.2, 0.25) is 0 Å². The minimum absolute atomic E-state index is 0.0169. The average molecular weight is 592 g/mol. The van der Waals surface area contributed by atoms with Crippen molar-refractivity contribution >= 4 is 5.91 Å². The van der Waals surface area contributed by atoms with Crippen molar-refractivity contribution in [2.75, 3.05) is 45.8 Å². The zero-order valence-electron chi connectivity index (χ0n) is 26.4. The van der Waals surface area contributed by atoms with E-state index in [-0.39, 0.29) is 11.8 Å². The second-order valence-electron chi connectivity index (χ2n) is 12.7. The number of piperazine rings is 1. The molecule has 1 unspecified atom stereocenters. The van der Waals surface area contributed by atoms with Gasteiger partial charge in [0, 0.05) is 51.9 Å². The Morgan fingerprint density at radius 3 is 2.16 bits per heavy atom. The highest BCUT2D eigenvalue weighted by atomic mass is 16.5. The highest BCUT2D eigenvalue weighted by Gasteiger charge is 2.33. The number of nitrogens with one attached hydrogen (secondary N) is 1. The third-order valence-electron chi connectivity index (χ3n) is 9.04. The van der Waals surface area contributed by atoms with Crippen LogP contribution in [-0.2, 0) is 13.2 Å². The molecule has 1 N–H and O–H groups in total. The van der Waals surface area contributed by atoms with Crippen LogP contribution in [0.15, 0.2) is 95.6 Å². The molecule has 44 heavy (non-hydrogen) atoms. The number of amides is 1. The van der Waals surface area contributed by atoms with Crippen molar-refractivity contribution in [3.05, 3.63) is 118 Å². The van der Waals surface area contributed by atoms with Crippen LogP contribution in [-0.4, -0.2) is 61.5 Å². The highest BCUT2D eigenvalue weighted by Crippen LogP contribution is 2.39. The summed E-state index contributed by atoms with van der Waals surface area (Å²) >= 11 is 0. The monoisotopic (exact) mass is 591 g/mol. The Labute approximate surface area is 262 Å². The summed E-state index contributed by atoms with van der Waals surface area (Å²) in [7, 11) is 0. The SMILES string of the molecule is CC1CC(CN2CCNCC2)=CC2=C1CN(C(=O)c1cc(C(C)C)c(OCc3ccccc3)cc1OCc1ccccc1)C2. The van der Waals surface area contributed by atoms with Crippen LogP contribution in [0.25, 0.3) is 0 Å². The summed E-state index contributed by atoms with van der Waals surface area (Å²) in [5, 5.41) is 3.45. The summed E-state index contributed by atoms with van der Waals surface area (Å²) in [6.07, 6.45) is 3.46. The highest BCUT2D eigenvalue weighted by molar-refractivity contribution is 5.98. The van der Waals surface area contributed by atoms with Crippen LogP contribution < -0.4 is 14.8 Å². The zero-order valence-corrected chi connectivity index (χ0v) is 26.4. The lowest BCUT2D eigenvalue weighted by atomic mass is 9.85. The minimum atomic E-state index is 0.0169. The quantitative estimate of drug-likeness (QED) is 0.288. The maximum Gasteiger partial charge on any atom is 0.258 e. The number of carbonyl (C=O) groups excluding carboxylic acids is 1. The van der Waals surface area contributed by atoms with Crippen molar-refractivity contribution in [2.45, 2.75) is 46.3 Å². The van der Waals surface area contributed by atoms with Crippen molar-refractivity contribution in [1.82, 2.24) is 15.1 Å². The first kappa shape index (κ1) is 30.2. The van der Waals surface area contributed by atoms with Gasteiger partial charge in [-0.25, -0.2) is 0 Å². The lowest BCUT2D eigenvalue weighted by molar-refractivity contribution is 0.0790. The van der Waals surface area contributed by atoms with Gasteiger partial charge in [0.05, 0.1) is 5.56 Å². The molecular formula is C38H45N3O3. The van der Waals surface area contributed by atoms with Gasteiger partial charge in [-0.05, 0) is 52.2 Å². The lowest BCUT2D eigenvalue weighted by Crippen LogP contribution is -2.44. The molecule has 6 heteroatoms. The fraction of sp³-hybridized carbons (Fsp3) is 0.395. The van der Waals surface area contributed by atoms with E-state index in [4.69, 9.17) is 9.47 Å². The number of benzene rings is 3. The Bertz CT molecular complexity index is 1510. The molecule has 6 nitrogen and oxygen atoms in total. The molecule has 3 aromatic rings. The second kappa shape index (κ2) is 13.8. The van der Waals surface area contributed by atoms with Crippen molar-refractivity contribution in [3.63, 3.8) is 0 Å². The molecule has 1 amide bonds. The molecule has 230 valence electrons. The first-order valence-electron chi connectivity index (χ1n) is 16.1. The Morgan fingerprint density at radius 2 is 1.52 bits per heavy atom. The molecule has 3 aliphatic rings. The molecule has 2 aliphatic heterocycles. The molecule has 0 saturated carbocycles. The molecule has 1 atom stereocenters. The van der Waals surface area contributed by atoms with Crippen LogP contribution in [0.1, 0.15) is 60.2 Å².